The van der Waals surface area contributed by atoms with Gasteiger partial charge in [-0.25, -0.2) is 17.8 Å². The molecule has 1 aliphatic rings. The van der Waals surface area contributed by atoms with E-state index in [0.717, 1.165) is 27.8 Å². The van der Waals surface area contributed by atoms with Crippen LogP contribution in [-0.2, 0) is 10.0 Å². The Labute approximate surface area is 157 Å². The first-order valence-electron chi connectivity index (χ1n) is 8.72. The highest BCUT2D eigenvalue weighted by Gasteiger charge is 2.21. The third-order valence-electron chi connectivity index (χ3n) is 4.93. The Bertz CT molecular complexity index is 1170. The monoisotopic (exact) mass is 385 g/mol. The number of nitrogens with zero attached hydrogens (tertiary/aromatic N) is 2. The summed E-state index contributed by atoms with van der Waals surface area (Å²) in [6, 6.07) is 8.86. The lowest BCUT2D eigenvalue weighted by Gasteiger charge is -2.23. The molecule has 0 aliphatic carbocycles. The Balaban J connectivity index is 1.76. The Morgan fingerprint density at radius 3 is 2.70 bits per heavy atom. The first-order valence-corrected chi connectivity index (χ1v) is 10.6. The van der Waals surface area contributed by atoms with E-state index in [1.165, 1.54) is 16.6 Å². The van der Waals surface area contributed by atoms with E-state index in [-0.39, 0.29) is 5.82 Å². The van der Waals surface area contributed by atoms with E-state index in [9.17, 15) is 12.8 Å². The van der Waals surface area contributed by atoms with E-state index in [0.29, 0.717) is 30.7 Å². The number of halogens is 1. The van der Waals surface area contributed by atoms with Crippen molar-refractivity contribution in [1.29, 1.82) is 0 Å². The number of rotatable bonds is 3. The number of H-pyrrole nitrogens is 1. The van der Waals surface area contributed by atoms with E-state index in [4.69, 9.17) is 0 Å². The van der Waals surface area contributed by atoms with Crippen LogP contribution in [0.2, 0.25) is 0 Å². The molecule has 27 heavy (non-hydrogen) atoms. The predicted molar refractivity (Wildman–Crippen MR) is 105 cm³/mol. The number of aryl methyl sites for hydroxylation is 1. The number of hydrogen-bond donors (Lipinski definition) is 1. The molecule has 1 N–H and O–H groups in total. The molecule has 1 aliphatic heterocycles. The summed E-state index contributed by atoms with van der Waals surface area (Å²) in [5, 5.41) is 0.850. The third-order valence-corrected chi connectivity index (χ3v) is 6.20. The summed E-state index contributed by atoms with van der Waals surface area (Å²) in [6.45, 7) is 2.74. The van der Waals surface area contributed by atoms with Crippen LogP contribution in [0.4, 0.5) is 4.39 Å². The van der Waals surface area contributed by atoms with Gasteiger partial charge in [-0.05, 0) is 48.7 Å². The smallest absolute Gasteiger partial charge is 0.211 e. The van der Waals surface area contributed by atoms with E-state index in [1.54, 1.807) is 12.3 Å². The summed E-state index contributed by atoms with van der Waals surface area (Å²) >= 11 is 0. The maximum Gasteiger partial charge on any atom is 0.211 e. The van der Waals surface area contributed by atoms with Crippen LogP contribution in [0, 0.1) is 12.7 Å². The summed E-state index contributed by atoms with van der Waals surface area (Å²) in [5.74, 6) is -0.267. The van der Waals surface area contributed by atoms with Gasteiger partial charge in [0.1, 0.15) is 11.5 Å². The van der Waals surface area contributed by atoms with E-state index < -0.39 is 10.0 Å². The van der Waals surface area contributed by atoms with Gasteiger partial charge in [-0.15, -0.1) is 0 Å². The number of hydrogen-bond acceptors (Lipinski definition) is 3. The second kappa shape index (κ2) is 6.58. The van der Waals surface area contributed by atoms with Crippen molar-refractivity contribution in [3.05, 3.63) is 59.7 Å². The lowest BCUT2D eigenvalue weighted by atomic mass is 10.0. The number of nitrogens with one attached hydrogen (secondary N) is 1. The number of sulfonamides is 1. The molecule has 2 aromatic heterocycles. The predicted octanol–water partition coefficient (Wildman–Crippen LogP) is 3.73. The molecule has 3 heterocycles. The van der Waals surface area contributed by atoms with E-state index in [1.807, 2.05) is 31.2 Å². The molecule has 4 rings (SSSR count). The molecule has 0 radical (unpaired) electrons. The molecule has 7 heteroatoms. The standard InChI is InChI=1S/C20H20FN3O2S/c1-13-3-4-18(21)16(11-13)15-5-8-22-20-17(15)12-19(23-20)14-6-9-24(10-7-14)27(2,25)26/h3-6,8,11-12H,7,9-10H2,1-2H3,(H,22,23). The van der Waals surface area contributed by atoms with Crippen LogP contribution >= 0.6 is 0 Å². The normalized spacial score (nSPS) is 15.9. The minimum Gasteiger partial charge on any atom is -0.339 e. The quantitative estimate of drug-likeness (QED) is 0.747. The van der Waals surface area contributed by atoms with Gasteiger partial charge in [-0.2, -0.15) is 4.31 Å². The van der Waals surface area contributed by atoms with Crippen molar-refractivity contribution in [2.24, 2.45) is 0 Å². The topological polar surface area (TPSA) is 66.1 Å². The zero-order valence-corrected chi connectivity index (χ0v) is 16.0. The summed E-state index contributed by atoms with van der Waals surface area (Å²) in [6.07, 6.45) is 5.43. The average molecular weight is 385 g/mol. The van der Waals surface area contributed by atoms with Gasteiger partial charge in [0.05, 0.1) is 6.26 Å². The first-order chi connectivity index (χ1) is 12.8. The van der Waals surface area contributed by atoms with Gasteiger partial charge in [0.15, 0.2) is 0 Å². The molecule has 0 atom stereocenters. The molecular weight excluding hydrogens is 365 g/mol. The molecule has 0 saturated carbocycles. The molecular formula is C20H20FN3O2S. The summed E-state index contributed by atoms with van der Waals surface area (Å²) < 4.78 is 39.2. The molecule has 0 saturated heterocycles. The van der Waals surface area contributed by atoms with Crippen LogP contribution in [0.1, 0.15) is 17.7 Å². The lowest BCUT2D eigenvalue weighted by Crippen LogP contribution is -2.33. The Hall–Kier alpha value is -2.51. The van der Waals surface area contributed by atoms with Crippen molar-refractivity contribution in [2.45, 2.75) is 13.3 Å². The van der Waals surface area contributed by atoms with Crippen molar-refractivity contribution >= 4 is 26.6 Å². The second-order valence-corrected chi connectivity index (χ2v) is 8.87. The summed E-state index contributed by atoms with van der Waals surface area (Å²) in [4.78, 5) is 7.67. The van der Waals surface area contributed by atoms with Crippen LogP contribution < -0.4 is 0 Å². The fourth-order valence-corrected chi connectivity index (χ4v) is 4.24. The number of fused-ring (bicyclic) bond motifs is 1. The van der Waals surface area contributed by atoms with E-state index in [2.05, 4.69) is 9.97 Å². The van der Waals surface area contributed by atoms with Crippen LogP contribution in [-0.4, -0.2) is 42.0 Å². The van der Waals surface area contributed by atoms with E-state index >= 15 is 0 Å². The molecule has 3 aromatic rings. The maximum absolute atomic E-state index is 14.4. The van der Waals surface area contributed by atoms with Gasteiger partial charge in [0.25, 0.3) is 0 Å². The van der Waals surface area contributed by atoms with Gasteiger partial charge in [-0.3, -0.25) is 0 Å². The Kier molecular flexibility index (Phi) is 4.36. The van der Waals surface area contributed by atoms with Gasteiger partial charge in [0.2, 0.25) is 10.0 Å². The average Bonchev–Trinajstić information content (AvgIpc) is 3.07. The molecule has 0 fully saturated rings. The zero-order chi connectivity index (χ0) is 19.2. The van der Waals surface area contributed by atoms with Crippen LogP contribution in [0.5, 0.6) is 0 Å². The third kappa shape index (κ3) is 3.40. The Morgan fingerprint density at radius 1 is 1.19 bits per heavy atom. The van der Waals surface area contributed by atoms with Crippen molar-refractivity contribution in [3.8, 4) is 11.1 Å². The fraction of sp³-hybridized carbons (Fsp3) is 0.250. The fourth-order valence-electron chi connectivity index (χ4n) is 3.48. The number of aromatic amines is 1. The second-order valence-electron chi connectivity index (χ2n) is 6.89. The zero-order valence-electron chi connectivity index (χ0n) is 15.2. The summed E-state index contributed by atoms with van der Waals surface area (Å²) in [7, 11) is -3.18. The molecule has 0 unspecified atom stereocenters. The first kappa shape index (κ1) is 17.9. The molecule has 0 bridgehead atoms. The van der Waals surface area contributed by atoms with Crippen molar-refractivity contribution in [3.63, 3.8) is 0 Å². The minimum absolute atomic E-state index is 0.267. The largest absolute Gasteiger partial charge is 0.339 e. The molecule has 0 spiro atoms. The summed E-state index contributed by atoms with van der Waals surface area (Å²) in [5.41, 5.74) is 4.96. The molecule has 0 amide bonds. The lowest BCUT2D eigenvalue weighted by molar-refractivity contribution is 0.445. The molecule has 5 nitrogen and oxygen atoms in total. The van der Waals surface area contributed by atoms with Crippen LogP contribution in [0.25, 0.3) is 27.7 Å². The van der Waals surface area contributed by atoms with Gasteiger partial charge < -0.3 is 4.98 Å². The van der Waals surface area contributed by atoms with Crippen molar-refractivity contribution in [1.82, 2.24) is 14.3 Å². The molecule has 1 aromatic carbocycles. The van der Waals surface area contributed by atoms with Crippen LogP contribution in [0.15, 0.2) is 42.6 Å². The number of benzene rings is 1. The minimum atomic E-state index is -3.18. The molecule has 140 valence electrons. The van der Waals surface area contributed by atoms with Gasteiger partial charge in [0, 0.05) is 35.9 Å². The van der Waals surface area contributed by atoms with Gasteiger partial charge in [-0.1, -0.05) is 17.7 Å². The van der Waals surface area contributed by atoms with Crippen molar-refractivity contribution in [2.75, 3.05) is 19.3 Å². The number of aromatic nitrogens is 2. The highest BCUT2D eigenvalue weighted by atomic mass is 32.2. The SMILES string of the molecule is Cc1ccc(F)c(-c2ccnc3[nH]c(C4=CCN(S(C)(=O)=O)CC4)cc23)c1. The number of pyridine rings is 1. The highest BCUT2D eigenvalue weighted by molar-refractivity contribution is 7.88. The van der Waals surface area contributed by atoms with Crippen LogP contribution in [0.3, 0.4) is 0 Å². The highest BCUT2D eigenvalue weighted by Crippen LogP contribution is 2.33. The Morgan fingerprint density at radius 2 is 2.00 bits per heavy atom. The maximum atomic E-state index is 14.4. The van der Waals surface area contributed by atoms with Crippen molar-refractivity contribution < 1.29 is 12.8 Å². The van der Waals surface area contributed by atoms with Gasteiger partial charge >= 0.3 is 0 Å².